The molecule has 0 fully saturated rings. The molecule has 0 aliphatic rings. The van der Waals surface area contributed by atoms with Crippen molar-refractivity contribution < 1.29 is 0 Å². The third-order valence-corrected chi connectivity index (χ3v) is 1.81. The van der Waals surface area contributed by atoms with Gasteiger partial charge in [0.05, 0.1) is 0 Å². The highest BCUT2D eigenvalue weighted by atomic mass is 35.5. The number of hydrogen-bond acceptors (Lipinski definition) is 4. The van der Waals surface area contributed by atoms with Crippen molar-refractivity contribution in [3.63, 3.8) is 0 Å². The van der Waals surface area contributed by atoms with Gasteiger partial charge >= 0.3 is 0 Å². The van der Waals surface area contributed by atoms with Crippen LogP contribution in [0.15, 0.2) is 18.2 Å². The molecular formula is C7H5ClN5-. The normalized spacial score (nSPS) is 10.2. The summed E-state index contributed by atoms with van der Waals surface area (Å²) in [6, 6.07) is 5.08. The number of tetrazole rings is 1. The van der Waals surface area contributed by atoms with Gasteiger partial charge in [-0.1, -0.05) is 17.7 Å². The Morgan fingerprint density at radius 3 is 2.85 bits per heavy atom. The van der Waals surface area contributed by atoms with E-state index in [2.05, 4.69) is 20.6 Å². The smallest absolute Gasteiger partial charge is 0.0426 e. The molecule has 0 bridgehead atoms. The number of nitrogen functional groups attached to an aromatic ring is 1. The maximum atomic E-state index is 5.73. The molecule has 0 aliphatic heterocycles. The number of aromatic nitrogens is 4. The van der Waals surface area contributed by atoms with E-state index in [1.165, 1.54) is 0 Å². The Labute approximate surface area is 78.9 Å². The van der Waals surface area contributed by atoms with Crippen molar-refractivity contribution in [2.75, 3.05) is 5.73 Å². The SMILES string of the molecule is Nc1cc(Cl)ccc1-c1nnn[n-]1. The Kier molecular flexibility index (Phi) is 1.86. The first-order valence-electron chi connectivity index (χ1n) is 3.51. The molecule has 6 heteroatoms. The topological polar surface area (TPSA) is 78.8 Å². The first kappa shape index (κ1) is 8.00. The minimum atomic E-state index is 0.411. The van der Waals surface area contributed by atoms with Crippen LogP contribution in [0.5, 0.6) is 0 Å². The molecule has 0 unspecified atom stereocenters. The Morgan fingerprint density at radius 1 is 1.38 bits per heavy atom. The van der Waals surface area contributed by atoms with E-state index in [0.29, 0.717) is 22.1 Å². The largest absolute Gasteiger partial charge is 0.398 e. The number of nitrogens with zero attached hydrogens (tertiary/aromatic N) is 4. The van der Waals surface area contributed by atoms with Crippen molar-refractivity contribution in [1.82, 2.24) is 20.6 Å². The summed E-state index contributed by atoms with van der Waals surface area (Å²) in [7, 11) is 0. The summed E-state index contributed by atoms with van der Waals surface area (Å²) >= 11 is 5.73. The molecular weight excluding hydrogens is 190 g/mol. The van der Waals surface area contributed by atoms with Gasteiger partial charge in [-0.3, -0.25) is 10.3 Å². The average Bonchev–Trinajstić information content (AvgIpc) is 2.56. The minimum Gasteiger partial charge on any atom is -0.398 e. The van der Waals surface area contributed by atoms with Crippen LogP contribution in [0.2, 0.25) is 5.02 Å². The molecule has 0 saturated heterocycles. The first-order valence-corrected chi connectivity index (χ1v) is 3.89. The lowest BCUT2D eigenvalue weighted by Crippen LogP contribution is -1.92. The molecule has 0 spiro atoms. The monoisotopic (exact) mass is 194 g/mol. The summed E-state index contributed by atoms with van der Waals surface area (Å²) in [4.78, 5) is 0. The van der Waals surface area contributed by atoms with Gasteiger partial charge < -0.3 is 10.8 Å². The van der Waals surface area contributed by atoms with Gasteiger partial charge in [0.1, 0.15) is 0 Å². The van der Waals surface area contributed by atoms with Gasteiger partial charge in [0.15, 0.2) is 0 Å². The second-order valence-electron chi connectivity index (χ2n) is 2.43. The van der Waals surface area contributed by atoms with E-state index in [4.69, 9.17) is 17.3 Å². The fourth-order valence-corrected chi connectivity index (χ4v) is 1.17. The number of anilines is 1. The van der Waals surface area contributed by atoms with Crippen LogP contribution in [0.3, 0.4) is 0 Å². The van der Waals surface area contributed by atoms with Crippen molar-refractivity contribution in [2.45, 2.75) is 0 Å². The summed E-state index contributed by atoms with van der Waals surface area (Å²) in [5.74, 6) is 0.411. The Balaban J connectivity index is 2.53. The van der Waals surface area contributed by atoms with Crippen LogP contribution in [0.1, 0.15) is 0 Å². The summed E-state index contributed by atoms with van der Waals surface area (Å²) in [5, 5.41) is 14.7. The Hall–Kier alpha value is -1.62. The summed E-state index contributed by atoms with van der Waals surface area (Å²) in [6.07, 6.45) is 0. The zero-order valence-electron chi connectivity index (χ0n) is 6.48. The molecule has 2 N–H and O–H groups in total. The van der Waals surface area contributed by atoms with Crippen LogP contribution in [0, 0.1) is 0 Å². The zero-order valence-corrected chi connectivity index (χ0v) is 7.23. The van der Waals surface area contributed by atoms with E-state index in [9.17, 15) is 0 Å². The van der Waals surface area contributed by atoms with Gasteiger partial charge in [-0.15, -0.1) is 0 Å². The highest BCUT2D eigenvalue weighted by Gasteiger charge is 2.00. The molecule has 0 atom stereocenters. The van der Waals surface area contributed by atoms with Gasteiger partial charge in [-0.2, -0.15) is 5.21 Å². The van der Waals surface area contributed by atoms with Crippen LogP contribution in [-0.4, -0.2) is 15.5 Å². The average molecular weight is 195 g/mol. The van der Waals surface area contributed by atoms with Crippen molar-refractivity contribution in [1.29, 1.82) is 0 Å². The molecule has 0 radical (unpaired) electrons. The molecule has 0 aliphatic carbocycles. The second kappa shape index (κ2) is 3.02. The molecule has 5 nitrogen and oxygen atoms in total. The van der Waals surface area contributed by atoms with E-state index >= 15 is 0 Å². The van der Waals surface area contributed by atoms with E-state index in [1.54, 1.807) is 18.2 Å². The van der Waals surface area contributed by atoms with E-state index in [-0.39, 0.29) is 0 Å². The van der Waals surface area contributed by atoms with Crippen molar-refractivity contribution in [3.05, 3.63) is 23.2 Å². The molecule has 2 aromatic rings. The van der Waals surface area contributed by atoms with Gasteiger partial charge in [0, 0.05) is 22.1 Å². The van der Waals surface area contributed by atoms with Crippen LogP contribution >= 0.6 is 11.6 Å². The number of hydrogen-bond donors (Lipinski definition) is 1. The number of rotatable bonds is 1. The third-order valence-electron chi connectivity index (χ3n) is 1.57. The number of halogens is 1. The lowest BCUT2D eigenvalue weighted by Gasteiger charge is -2.04. The molecule has 1 heterocycles. The third kappa shape index (κ3) is 1.46. The fraction of sp³-hybridized carbons (Fsp3) is 0. The minimum absolute atomic E-state index is 0.411. The highest BCUT2D eigenvalue weighted by Crippen LogP contribution is 2.24. The van der Waals surface area contributed by atoms with Gasteiger partial charge in [0.25, 0.3) is 0 Å². The molecule has 0 saturated carbocycles. The number of nitrogens with two attached hydrogens (primary N) is 1. The lowest BCUT2D eigenvalue weighted by molar-refractivity contribution is 0.871. The predicted molar refractivity (Wildman–Crippen MR) is 48.0 cm³/mol. The van der Waals surface area contributed by atoms with Crippen LogP contribution in [0.25, 0.3) is 11.4 Å². The van der Waals surface area contributed by atoms with Crippen molar-refractivity contribution in [3.8, 4) is 11.4 Å². The predicted octanol–water partition coefficient (Wildman–Crippen LogP) is 0.731. The fourth-order valence-electron chi connectivity index (χ4n) is 0.990. The van der Waals surface area contributed by atoms with Crippen molar-refractivity contribution >= 4 is 17.3 Å². The summed E-state index contributed by atoms with van der Waals surface area (Å²) in [5.41, 5.74) is 6.90. The van der Waals surface area contributed by atoms with Crippen LogP contribution in [0.4, 0.5) is 5.69 Å². The highest BCUT2D eigenvalue weighted by molar-refractivity contribution is 6.31. The molecule has 66 valence electrons. The molecule has 1 aromatic carbocycles. The molecule has 0 amide bonds. The van der Waals surface area contributed by atoms with E-state index < -0.39 is 0 Å². The lowest BCUT2D eigenvalue weighted by atomic mass is 10.2. The van der Waals surface area contributed by atoms with E-state index in [0.717, 1.165) is 0 Å². The quantitative estimate of drug-likeness (QED) is 0.677. The van der Waals surface area contributed by atoms with E-state index in [1.807, 2.05) is 0 Å². The van der Waals surface area contributed by atoms with Gasteiger partial charge in [-0.25, -0.2) is 0 Å². The standard InChI is InChI=1S/C7H5ClN5/c8-4-1-2-5(6(9)3-4)7-10-12-13-11-7/h1-3H,9H2/q-1. The van der Waals surface area contributed by atoms with Gasteiger partial charge in [-0.05, 0) is 12.1 Å². The zero-order chi connectivity index (χ0) is 9.26. The number of benzene rings is 1. The van der Waals surface area contributed by atoms with Crippen molar-refractivity contribution in [2.24, 2.45) is 0 Å². The summed E-state index contributed by atoms with van der Waals surface area (Å²) < 4.78 is 0. The molecule has 2 rings (SSSR count). The second-order valence-corrected chi connectivity index (χ2v) is 2.87. The van der Waals surface area contributed by atoms with Crippen LogP contribution in [-0.2, 0) is 0 Å². The molecule has 13 heavy (non-hydrogen) atoms. The molecule has 1 aromatic heterocycles. The van der Waals surface area contributed by atoms with Crippen LogP contribution < -0.4 is 10.8 Å². The Morgan fingerprint density at radius 2 is 2.23 bits per heavy atom. The first-order chi connectivity index (χ1) is 6.27. The van der Waals surface area contributed by atoms with Gasteiger partial charge in [0.2, 0.25) is 0 Å². The summed E-state index contributed by atoms with van der Waals surface area (Å²) in [6.45, 7) is 0. The maximum absolute atomic E-state index is 5.73. The maximum Gasteiger partial charge on any atom is 0.0426 e. The Bertz CT molecular complexity index is 411.